The van der Waals surface area contributed by atoms with Crippen LogP contribution < -0.4 is 14.8 Å². The second-order valence-electron chi connectivity index (χ2n) is 8.08. The Morgan fingerprint density at radius 3 is 1.82 bits per heavy atom. The fourth-order valence-corrected chi connectivity index (χ4v) is 3.81. The van der Waals surface area contributed by atoms with E-state index in [0.717, 1.165) is 33.4 Å². The first-order valence-electron chi connectivity index (χ1n) is 12.2. The number of benzene rings is 4. The highest BCUT2D eigenvalue weighted by Crippen LogP contribution is 2.44. The van der Waals surface area contributed by atoms with E-state index in [9.17, 15) is 9.59 Å². The molecule has 0 saturated carbocycles. The van der Waals surface area contributed by atoms with E-state index in [2.05, 4.69) is 11.9 Å². The second kappa shape index (κ2) is 13.8. The molecule has 0 fully saturated rings. The van der Waals surface area contributed by atoms with Crippen LogP contribution in [0.1, 0.15) is 0 Å². The molecule has 8 nitrogen and oxygen atoms in total. The molecule has 1 N–H and O–H groups in total. The lowest BCUT2D eigenvalue weighted by molar-refractivity contribution is -0.139. The number of carbonyl (C=O) groups is 2. The topological polar surface area (TPSA) is 92.3 Å². The Balaban J connectivity index is 1.35. The zero-order valence-electron chi connectivity index (χ0n) is 20.9. The Labute approximate surface area is 220 Å². The first kappa shape index (κ1) is 26.7. The number of fused-ring (bicyclic) bond motifs is 2. The summed E-state index contributed by atoms with van der Waals surface area (Å²) < 4.78 is 27.7. The van der Waals surface area contributed by atoms with Crippen molar-refractivity contribution in [2.45, 2.75) is 0 Å². The van der Waals surface area contributed by atoms with E-state index in [1.165, 1.54) is 0 Å². The first-order valence-corrected chi connectivity index (χ1v) is 12.2. The smallest absolute Gasteiger partial charge is 0.412 e. The normalized spacial score (nSPS) is 10.7. The summed E-state index contributed by atoms with van der Waals surface area (Å²) in [6, 6.07) is 24.9. The van der Waals surface area contributed by atoms with Crippen LogP contribution in [0.4, 0.5) is 4.79 Å². The Kier molecular flexibility index (Phi) is 9.67. The summed E-state index contributed by atoms with van der Waals surface area (Å²) in [4.78, 5) is 23.6. The van der Waals surface area contributed by atoms with Crippen LogP contribution in [0.2, 0.25) is 0 Å². The zero-order chi connectivity index (χ0) is 26.6. The van der Waals surface area contributed by atoms with Crippen molar-refractivity contribution in [2.24, 2.45) is 0 Å². The monoisotopic (exact) mass is 515 g/mol. The van der Waals surface area contributed by atoms with Gasteiger partial charge < -0.3 is 29.0 Å². The number of amides is 1. The maximum absolute atomic E-state index is 12.7. The van der Waals surface area contributed by atoms with Gasteiger partial charge in [-0.2, -0.15) is 0 Å². The summed E-state index contributed by atoms with van der Waals surface area (Å²) in [5.41, 5.74) is 0. The van der Waals surface area contributed by atoms with Gasteiger partial charge in [0.2, 0.25) is 0 Å². The molecule has 4 aromatic rings. The lowest BCUT2D eigenvalue weighted by Crippen LogP contribution is -2.30. The van der Waals surface area contributed by atoms with Crippen LogP contribution in [-0.4, -0.2) is 51.6 Å². The minimum Gasteiger partial charge on any atom is -0.460 e. The van der Waals surface area contributed by atoms with Crippen LogP contribution in [0, 0.1) is 0 Å². The van der Waals surface area contributed by atoms with Crippen molar-refractivity contribution in [3.63, 3.8) is 0 Å². The number of rotatable bonds is 13. The molecule has 196 valence electrons. The van der Waals surface area contributed by atoms with Crippen molar-refractivity contribution in [3.05, 3.63) is 91.5 Å². The van der Waals surface area contributed by atoms with Crippen LogP contribution in [-0.2, 0) is 19.0 Å². The highest BCUT2D eigenvalue weighted by Gasteiger charge is 2.18. The molecule has 0 aliphatic rings. The maximum Gasteiger partial charge on any atom is 0.412 e. The largest absolute Gasteiger partial charge is 0.460 e. The molecule has 4 aromatic carbocycles. The van der Waals surface area contributed by atoms with E-state index in [4.69, 9.17) is 23.7 Å². The van der Waals surface area contributed by atoms with Crippen molar-refractivity contribution in [1.29, 1.82) is 0 Å². The number of esters is 1. The molecule has 0 unspecified atom stereocenters. The van der Waals surface area contributed by atoms with Gasteiger partial charge in [-0.25, -0.2) is 9.59 Å². The number of hydrogen-bond acceptors (Lipinski definition) is 7. The molecule has 1 amide bonds. The van der Waals surface area contributed by atoms with E-state index >= 15 is 0 Å². The van der Waals surface area contributed by atoms with Gasteiger partial charge >= 0.3 is 12.1 Å². The first-order chi connectivity index (χ1) is 18.7. The second-order valence-corrected chi connectivity index (χ2v) is 8.08. The minimum atomic E-state index is -0.582. The quantitative estimate of drug-likeness (QED) is 0.107. The van der Waals surface area contributed by atoms with Gasteiger partial charge in [-0.15, -0.1) is 0 Å². The van der Waals surface area contributed by atoms with Gasteiger partial charge in [0.15, 0.2) is 0 Å². The molecule has 0 aromatic heterocycles. The summed E-state index contributed by atoms with van der Waals surface area (Å²) in [7, 11) is 0. The molecule has 38 heavy (non-hydrogen) atoms. The van der Waals surface area contributed by atoms with E-state index in [1.807, 2.05) is 78.9 Å². The fraction of sp³-hybridized carbons (Fsp3) is 0.200. The van der Waals surface area contributed by atoms with Gasteiger partial charge in [-0.05, 0) is 12.1 Å². The summed E-state index contributed by atoms with van der Waals surface area (Å²) >= 11 is 0. The molecule has 0 radical (unpaired) electrons. The van der Waals surface area contributed by atoms with Gasteiger partial charge in [0.25, 0.3) is 0 Å². The van der Waals surface area contributed by atoms with Crippen molar-refractivity contribution in [3.8, 4) is 17.2 Å². The third kappa shape index (κ3) is 7.09. The molecule has 0 heterocycles. The van der Waals surface area contributed by atoms with Crippen LogP contribution in [0.3, 0.4) is 0 Å². The summed E-state index contributed by atoms with van der Waals surface area (Å²) in [6.45, 7) is 4.97. The Bertz CT molecular complexity index is 1330. The van der Waals surface area contributed by atoms with Crippen molar-refractivity contribution in [2.75, 3.05) is 39.6 Å². The van der Waals surface area contributed by atoms with E-state index in [-0.39, 0.29) is 26.4 Å². The molecule has 0 saturated heterocycles. The molecule has 0 spiro atoms. The van der Waals surface area contributed by atoms with Crippen molar-refractivity contribution < 1.29 is 33.3 Å². The lowest BCUT2D eigenvalue weighted by Gasteiger charge is -2.17. The van der Waals surface area contributed by atoms with Crippen molar-refractivity contribution in [1.82, 2.24) is 5.32 Å². The molecule has 8 heteroatoms. The number of ether oxygens (including phenoxy) is 5. The number of carbonyl (C=O) groups excluding carboxylic acids is 2. The van der Waals surface area contributed by atoms with Crippen molar-refractivity contribution >= 4 is 33.6 Å². The summed E-state index contributed by atoms with van der Waals surface area (Å²) in [5.74, 6) is 1.39. The maximum atomic E-state index is 12.7. The molecule has 0 atom stereocenters. The lowest BCUT2D eigenvalue weighted by atomic mass is 10.0. The van der Waals surface area contributed by atoms with Crippen LogP contribution in [0.5, 0.6) is 17.2 Å². The molecular formula is C30H29NO7. The molecule has 4 rings (SSSR count). The van der Waals surface area contributed by atoms with Gasteiger partial charge in [0, 0.05) is 34.2 Å². The van der Waals surface area contributed by atoms with Gasteiger partial charge in [0.1, 0.15) is 23.9 Å². The highest BCUT2D eigenvalue weighted by molar-refractivity contribution is 6.12. The number of hydrogen-bond donors (Lipinski definition) is 1. The van der Waals surface area contributed by atoms with Gasteiger partial charge in [-0.3, -0.25) is 0 Å². The van der Waals surface area contributed by atoms with E-state index < -0.39 is 12.1 Å². The Hall–Kier alpha value is -4.40. The van der Waals surface area contributed by atoms with Crippen LogP contribution in [0.25, 0.3) is 21.5 Å². The predicted molar refractivity (Wildman–Crippen MR) is 145 cm³/mol. The standard InChI is InChI=1S/C30H29NO7/c1-2-27(32)36-21-20-35-19-18-34-17-16-31-30(33)38-29-25-14-8-6-12-23(25)28(24-13-7-9-15-26(24)29)37-22-10-4-3-5-11-22/h2-15H,1,16-21H2,(H,31,33). The number of nitrogens with one attached hydrogen (secondary N) is 1. The average Bonchev–Trinajstić information content (AvgIpc) is 2.96. The highest BCUT2D eigenvalue weighted by atomic mass is 16.6. The fourth-order valence-electron chi connectivity index (χ4n) is 3.81. The molecule has 0 bridgehead atoms. The minimum absolute atomic E-state index is 0.154. The van der Waals surface area contributed by atoms with Gasteiger partial charge in [-0.1, -0.05) is 73.3 Å². The Morgan fingerprint density at radius 1 is 0.684 bits per heavy atom. The third-order valence-corrected chi connectivity index (χ3v) is 5.52. The van der Waals surface area contributed by atoms with Crippen LogP contribution >= 0.6 is 0 Å². The zero-order valence-corrected chi connectivity index (χ0v) is 20.9. The van der Waals surface area contributed by atoms with E-state index in [1.54, 1.807) is 0 Å². The molecule has 0 aliphatic heterocycles. The molecular weight excluding hydrogens is 486 g/mol. The Morgan fingerprint density at radius 2 is 1.21 bits per heavy atom. The predicted octanol–water partition coefficient (Wildman–Crippen LogP) is 5.64. The summed E-state index contributed by atoms with van der Waals surface area (Å²) in [5, 5.41) is 5.91. The average molecular weight is 516 g/mol. The SMILES string of the molecule is C=CC(=O)OCCOCCOCCNC(=O)Oc1c2ccccc2c(Oc2ccccc2)c2ccccc12. The third-order valence-electron chi connectivity index (χ3n) is 5.52. The summed E-state index contributed by atoms with van der Waals surface area (Å²) in [6.07, 6.45) is 0.516. The van der Waals surface area contributed by atoms with Gasteiger partial charge in [0.05, 0.1) is 26.4 Å². The van der Waals surface area contributed by atoms with E-state index in [0.29, 0.717) is 24.7 Å². The number of para-hydroxylation sites is 1. The van der Waals surface area contributed by atoms with Crippen LogP contribution in [0.15, 0.2) is 91.5 Å². The molecule has 0 aliphatic carbocycles.